The largest absolute Gasteiger partial charge is 0.486 e. The lowest BCUT2D eigenvalue weighted by atomic mass is 10.2. The highest BCUT2D eigenvalue weighted by molar-refractivity contribution is 7.96. The Kier molecular flexibility index (Phi) is 6.81. The van der Waals surface area contributed by atoms with Gasteiger partial charge < -0.3 is 9.64 Å². The molecule has 9 heteroatoms. The Morgan fingerprint density at radius 2 is 1.88 bits per heavy atom. The summed E-state index contributed by atoms with van der Waals surface area (Å²) >= 11 is 7.99. The number of aromatic nitrogens is 3. The van der Waals surface area contributed by atoms with Gasteiger partial charge in [-0.15, -0.1) is 0 Å². The van der Waals surface area contributed by atoms with Crippen molar-refractivity contribution in [3.8, 4) is 11.4 Å². The van der Waals surface area contributed by atoms with Gasteiger partial charge in [0.1, 0.15) is 5.69 Å². The molecule has 0 bridgehead atoms. The minimum absolute atomic E-state index is 0.163. The van der Waals surface area contributed by atoms with Gasteiger partial charge in [0.25, 0.3) is 0 Å². The molecule has 0 unspecified atom stereocenters. The van der Waals surface area contributed by atoms with Crippen LogP contribution in [0.15, 0.2) is 59.8 Å². The van der Waals surface area contributed by atoms with Crippen molar-refractivity contribution in [1.29, 1.82) is 0 Å². The Balaban J connectivity index is 1.33. The van der Waals surface area contributed by atoms with E-state index in [1.807, 2.05) is 48.6 Å². The van der Waals surface area contributed by atoms with Gasteiger partial charge in [-0.3, -0.25) is 9.78 Å². The van der Waals surface area contributed by atoms with Crippen LogP contribution in [0.4, 0.5) is 5.69 Å². The van der Waals surface area contributed by atoms with Gasteiger partial charge in [-0.2, -0.15) is 9.78 Å². The van der Waals surface area contributed by atoms with E-state index in [4.69, 9.17) is 16.3 Å². The molecule has 1 saturated heterocycles. The average molecular weight is 498 g/mol. The molecule has 2 fully saturated rings. The molecule has 1 aromatic carbocycles. The molecule has 7 nitrogen and oxygen atoms in total. The molecule has 0 N–H and O–H groups in total. The smallest absolute Gasteiger partial charge is 0.316 e. The van der Waals surface area contributed by atoms with E-state index in [2.05, 4.69) is 26.2 Å². The van der Waals surface area contributed by atoms with Crippen molar-refractivity contribution in [2.75, 3.05) is 37.7 Å². The van der Waals surface area contributed by atoms with E-state index in [0.717, 1.165) is 50.5 Å². The summed E-state index contributed by atoms with van der Waals surface area (Å²) in [5, 5.41) is 5.04. The second-order valence-corrected chi connectivity index (χ2v) is 10.7. The number of pyridine rings is 1. The van der Waals surface area contributed by atoms with Gasteiger partial charge >= 0.3 is 5.56 Å². The van der Waals surface area contributed by atoms with Crippen LogP contribution in [0.25, 0.3) is 5.69 Å². The molecule has 2 aliphatic rings. The monoisotopic (exact) mass is 497 g/mol. The molecule has 1 saturated carbocycles. The summed E-state index contributed by atoms with van der Waals surface area (Å²) in [7, 11) is 0. The van der Waals surface area contributed by atoms with Gasteiger partial charge in [-0.1, -0.05) is 36.5 Å². The highest BCUT2D eigenvalue weighted by atomic mass is 35.5. The first-order valence-electron chi connectivity index (χ1n) is 11.5. The molecule has 0 atom stereocenters. The van der Waals surface area contributed by atoms with E-state index in [1.165, 1.54) is 10.2 Å². The van der Waals surface area contributed by atoms with Crippen LogP contribution in [0.1, 0.15) is 25.3 Å². The van der Waals surface area contributed by atoms with Gasteiger partial charge in [-0.05, 0) is 48.7 Å². The Bertz CT molecular complexity index is 1190. The molecule has 178 valence electrons. The number of hydrogen-bond donors (Lipinski definition) is 0. The quantitative estimate of drug-likeness (QED) is 0.426. The fraction of sp³-hybridized carbons (Fsp3) is 0.400. The molecule has 5 rings (SSSR count). The molecular formula is C25H28ClN5O2S. The summed E-state index contributed by atoms with van der Waals surface area (Å²) < 4.78 is 9.95. The molecule has 1 aliphatic heterocycles. The molecule has 34 heavy (non-hydrogen) atoms. The third-order valence-electron chi connectivity index (χ3n) is 6.38. The number of benzene rings is 1. The Morgan fingerprint density at radius 3 is 2.59 bits per heavy atom. The van der Waals surface area contributed by atoms with Crippen LogP contribution in [0, 0.1) is 5.41 Å². The first-order valence-corrected chi connectivity index (χ1v) is 12.9. The minimum Gasteiger partial charge on any atom is -0.486 e. The van der Waals surface area contributed by atoms with Crippen LogP contribution >= 0.6 is 23.5 Å². The second-order valence-electron chi connectivity index (χ2n) is 9.20. The first kappa shape index (κ1) is 23.2. The molecule has 0 amide bonds. The zero-order valence-electron chi connectivity index (χ0n) is 19.2. The number of halogens is 1. The molecule has 2 aromatic heterocycles. The van der Waals surface area contributed by atoms with Gasteiger partial charge in [0.15, 0.2) is 0 Å². The van der Waals surface area contributed by atoms with E-state index < -0.39 is 0 Å². The Hall–Kier alpha value is -2.55. The molecular weight excluding hydrogens is 470 g/mol. The number of hydrogen-bond acceptors (Lipinski definition) is 7. The van der Waals surface area contributed by atoms with Gasteiger partial charge in [0.05, 0.1) is 18.5 Å². The maximum atomic E-state index is 13.5. The third kappa shape index (κ3) is 5.40. The predicted octanol–water partition coefficient (Wildman–Crippen LogP) is 4.43. The molecule has 0 spiro atoms. The lowest BCUT2D eigenvalue weighted by molar-refractivity contribution is 0.243. The number of piperazine rings is 1. The van der Waals surface area contributed by atoms with E-state index in [-0.39, 0.29) is 11.0 Å². The van der Waals surface area contributed by atoms with Gasteiger partial charge in [0, 0.05) is 54.8 Å². The Morgan fingerprint density at radius 1 is 1.12 bits per heavy atom. The van der Waals surface area contributed by atoms with Crippen molar-refractivity contribution in [3.63, 3.8) is 0 Å². The van der Waals surface area contributed by atoms with Crippen LogP contribution in [0.5, 0.6) is 5.75 Å². The number of anilines is 1. The van der Waals surface area contributed by atoms with Crippen molar-refractivity contribution < 1.29 is 4.74 Å². The van der Waals surface area contributed by atoms with Crippen LogP contribution in [-0.4, -0.2) is 51.9 Å². The van der Waals surface area contributed by atoms with Crippen LogP contribution in [0.3, 0.4) is 0 Å². The minimum atomic E-state index is -0.251. The van der Waals surface area contributed by atoms with Crippen LogP contribution < -0.4 is 15.2 Å². The highest BCUT2D eigenvalue weighted by Gasteiger charge is 2.39. The average Bonchev–Trinajstić information content (AvgIpc) is 3.60. The Labute approximate surface area is 208 Å². The maximum absolute atomic E-state index is 13.5. The van der Waals surface area contributed by atoms with Crippen molar-refractivity contribution in [2.45, 2.75) is 25.5 Å². The van der Waals surface area contributed by atoms with E-state index in [9.17, 15) is 4.79 Å². The van der Waals surface area contributed by atoms with E-state index in [1.54, 1.807) is 18.3 Å². The number of rotatable bonds is 8. The van der Waals surface area contributed by atoms with Gasteiger partial charge in [-0.25, -0.2) is 4.31 Å². The summed E-state index contributed by atoms with van der Waals surface area (Å²) in [5.74, 6) is 1.30. The lowest BCUT2D eigenvalue weighted by Crippen LogP contribution is -2.44. The van der Waals surface area contributed by atoms with Crippen molar-refractivity contribution >= 4 is 29.2 Å². The second kappa shape index (κ2) is 9.98. The topological polar surface area (TPSA) is 63.5 Å². The summed E-state index contributed by atoms with van der Waals surface area (Å²) in [6.45, 7) is 6.13. The first-order chi connectivity index (χ1) is 16.5. The zero-order chi connectivity index (χ0) is 23.5. The molecule has 3 aromatic rings. The fourth-order valence-electron chi connectivity index (χ4n) is 3.89. The highest BCUT2D eigenvalue weighted by Crippen LogP contribution is 2.45. The van der Waals surface area contributed by atoms with Gasteiger partial charge in [0.2, 0.25) is 5.75 Å². The third-order valence-corrected chi connectivity index (χ3v) is 7.81. The fourth-order valence-corrected chi connectivity index (χ4v) is 5.02. The van der Waals surface area contributed by atoms with E-state index in [0.29, 0.717) is 23.1 Å². The number of nitrogens with zero attached hydrogens (tertiary/aromatic N) is 5. The normalized spacial score (nSPS) is 17.5. The van der Waals surface area contributed by atoms with Crippen LogP contribution in [-0.2, 0) is 5.75 Å². The summed E-state index contributed by atoms with van der Waals surface area (Å²) in [6.07, 6.45) is 7.67. The summed E-state index contributed by atoms with van der Waals surface area (Å²) in [6, 6.07) is 11.3. The lowest BCUT2D eigenvalue weighted by Gasteiger charge is -2.35. The van der Waals surface area contributed by atoms with Crippen LogP contribution in [0.2, 0.25) is 5.02 Å². The van der Waals surface area contributed by atoms with Crippen molar-refractivity contribution in [1.82, 2.24) is 19.1 Å². The maximum Gasteiger partial charge on any atom is 0.316 e. The standard InChI is InChI=1S/C25H28ClN5O2S/c1-25(7-8-25)18-33-23-22(16-28-31(24(23)32)21-4-2-3-20(26)15-21)29-11-13-30(14-12-29)34-17-19-5-9-27-10-6-19/h2-6,9-10,15-16H,7-8,11-14,17-18H2,1H3. The van der Waals surface area contributed by atoms with Crippen molar-refractivity contribution in [2.24, 2.45) is 5.41 Å². The molecule has 3 heterocycles. The molecule has 1 aliphatic carbocycles. The summed E-state index contributed by atoms with van der Waals surface area (Å²) in [5.41, 5.74) is 2.57. The van der Waals surface area contributed by atoms with E-state index >= 15 is 0 Å². The zero-order valence-corrected chi connectivity index (χ0v) is 20.8. The predicted molar refractivity (Wildman–Crippen MR) is 137 cm³/mol. The molecule has 0 radical (unpaired) electrons. The summed E-state index contributed by atoms with van der Waals surface area (Å²) in [4.78, 5) is 19.8. The number of ether oxygens (including phenoxy) is 1. The SMILES string of the molecule is CC1(COc2c(N3CCN(SCc4ccncc4)CC3)cnn(-c3cccc(Cl)c3)c2=O)CC1. The van der Waals surface area contributed by atoms with Crippen molar-refractivity contribution in [3.05, 3.63) is 75.9 Å².